The Morgan fingerprint density at radius 1 is 1.27 bits per heavy atom. The highest BCUT2D eigenvalue weighted by atomic mass is 16.5. The number of ether oxygens (including phenoxy) is 1. The lowest BCUT2D eigenvalue weighted by Gasteiger charge is -2.08. The maximum atomic E-state index is 5.68. The van der Waals surface area contributed by atoms with E-state index in [1.54, 1.807) is 0 Å². The maximum absolute atomic E-state index is 5.68. The van der Waals surface area contributed by atoms with E-state index in [9.17, 15) is 0 Å². The van der Waals surface area contributed by atoms with Crippen LogP contribution in [0, 0.1) is 0 Å². The maximum Gasteiger partial charge on any atom is 0.126 e. The van der Waals surface area contributed by atoms with E-state index in [1.807, 2.05) is 31.2 Å². The van der Waals surface area contributed by atoms with Crippen molar-refractivity contribution in [1.82, 2.24) is 0 Å². The first-order chi connectivity index (χ1) is 7.38. The van der Waals surface area contributed by atoms with Crippen LogP contribution in [0.1, 0.15) is 25.3 Å². The number of hydrogen-bond donors (Lipinski definition) is 1. The molecular weight excluding hydrogens is 186 g/mol. The van der Waals surface area contributed by atoms with Crippen LogP contribution in [0.4, 0.5) is 0 Å². The molecule has 0 heterocycles. The van der Waals surface area contributed by atoms with Crippen molar-refractivity contribution in [1.29, 1.82) is 0 Å². The predicted octanol–water partition coefficient (Wildman–Crippen LogP) is 2.84. The van der Waals surface area contributed by atoms with Crippen LogP contribution in [0.25, 0.3) is 6.08 Å². The Morgan fingerprint density at radius 2 is 2.07 bits per heavy atom. The van der Waals surface area contributed by atoms with Crippen molar-refractivity contribution in [2.45, 2.75) is 19.8 Å². The highest BCUT2D eigenvalue weighted by Crippen LogP contribution is 2.19. The molecule has 0 unspecified atom stereocenters. The Bertz CT molecular complexity index is 307. The van der Waals surface area contributed by atoms with E-state index in [0.717, 1.165) is 37.3 Å². The summed E-state index contributed by atoms with van der Waals surface area (Å²) in [6, 6.07) is 8.06. The number of rotatable bonds is 6. The van der Waals surface area contributed by atoms with Gasteiger partial charge in [0.2, 0.25) is 0 Å². The number of allylic oxidation sites excluding steroid dienone is 1. The Morgan fingerprint density at radius 3 is 2.80 bits per heavy atom. The van der Waals surface area contributed by atoms with E-state index >= 15 is 0 Å². The highest BCUT2D eigenvalue weighted by Gasteiger charge is 1.98. The molecule has 0 atom stereocenters. The number of para-hydroxylation sites is 1. The average molecular weight is 205 g/mol. The number of nitrogens with two attached hydrogens (primary N) is 1. The molecule has 0 saturated heterocycles. The molecule has 2 heteroatoms. The second-order valence-corrected chi connectivity index (χ2v) is 3.38. The fraction of sp³-hybridized carbons (Fsp3) is 0.385. The summed E-state index contributed by atoms with van der Waals surface area (Å²) in [6.07, 6.45) is 6.10. The van der Waals surface area contributed by atoms with Gasteiger partial charge in [0.15, 0.2) is 0 Å². The molecule has 0 fully saturated rings. The van der Waals surface area contributed by atoms with Gasteiger partial charge in [0.05, 0.1) is 6.61 Å². The second kappa shape index (κ2) is 7.07. The van der Waals surface area contributed by atoms with Crippen molar-refractivity contribution < 1.29 is 4.74 Å². The van der Waals surface area contributed by atoms with Crippen molar-refractivity contribution in [2.75, 3.05) is 13.2 Å². The van der Waals surface area contributed by atoms with Gasteiger partial charge in [-0.3, -0.25) is 0 Å². The van der Waals surface area contributed by atoms with Gasteiger partial charge >= 0.3 is 0 Å². The summed E-state index contributed by atoms with van der Waals surface area (Å²) < 4.78 is 5.68. The van der Waals surface area contributed by atoms with Gasteiger partial charge in [0, 0.05) is 5.56 Å². The topological polar surface area (TPSA) is 35.2 Å². The predicted molar refractivity (Wildman–Crippen MR) is 64.9 cm³/mol. The summed E-state index contributed by atoms with van der Waals surface area (Å²) >= 11 is 0. The van der Waals surface area contributed by atoms with E-state index in [-0.39, 0.29) is 0 Å². The summed E-state index contributed by atoms with van der Waals surface area (Å²) in [5, 5.41) is 0. The van der Waals surface area contributed by atoms with E-state index in [2.05, 4.69) is 12.1 Å². The van der Waals surface area contributed by atoms with Crippen molar-refractivity contribution in [3.63, 3.8) is 0 Å². The van der Waals surface area contributed by atoms with Gasteiger partial charge in [-0.25, -0.2) is 0 Å². The third-order valence-corrected chi connectivity index (χ3v) is 2.12. The minimum Gasteiger partial charge on any atom is -0.493 e. The molecule has 0 saturated carbocycles. The number of hydrogen-bond acceptors (Lipinski definition) is 2. The van der Waals surface area contributed by atoms with Gasteiger partial charge in [-0.1, -0.05) is 30.4 Å². The van der Waals surface area contributed by atoms with Crippen molar-refractivity contribution in [3.8, 4) is 5.75 Å². The van der Waals surface area contributed by atoms with Gasteiger partial charge in [0.1, 0.15) is 5.75 Å². The molecule has 1 aromatic rings. The quantitative estimate of drug-likeness (QED) is 0.725. The zero-order chi connectivity index (χ0) is 10.9. The molecule has 1 aromatic carbocycles. The Balaban J connectivity index is 2.51. The molecule has 1 rings (SSSR count). The molecule has 2 nitrogen and oxygen atoms in total. The number of benzene rings is 1. The van der Waals surface area contributed by atoms with Crippen LogP contribution >= 0.6 is 0 Å². The molecule has 0 aliphatic rings. The zero-order valence-electron chi connectivity index (χ0n) is 9.28. The Hall–Kier alpha value is -1.28. The molecule has 15 heavy (non-hydrogen) atoms. The van der Waals surface area contributed by atoms with E-state index in [1.165, 1.54) is 0 Å². The van der Waals surface area contributed by atoms with Crippen LogP contribution < -0.4 is 10.5 Å². The molecule has 0 aliphatic carbocycles. The van der Waals surface area contributed by atoms with Gasteiger partial charge in [-0.2, -0.15) is 0 Å². The summed E-state index contributed by atoms with van der Waals surface area (Å²) in [5.74, 6) is 0.952. The van der Waals surface area contributed by atoms with Gasteiger partial charge in [-0.15, -0.1) is 0 Å². The standard InChI is InChI=1S/C13H19NO/c1-2-7-12-8-3-4-9-13(12)15-11-6-5-10-14/h2-4,7-9H,5-6,10-11,14H2,1H3. The van der Waals surface area contributed by atoms with Crippen molar-refractivity contribution in [3.05, 3.63) is 35.9 Å². The summed E-state index contributed by atoms with van der Waals surface area (Å²) in [7, 11) is 0. The van der Waals surface area contributed by atoms with E-state index in [0.29, 0.717) is 0 Å². The monoisotopic (exact) mass is 205 g/mol. The summed E-state index contributed by atoms with van der Waals surface area (Å²) in [6.45, 7) is 3.48. The highest BCUT2D eigenvalue weighted by molar-refractivity contribution is 5.56. The van der Waals surface area contributed by atoms with E-state index < -0.39 is 0 Å². The molecular formula is C13H19NO. The Labute approximate surface area is 91.7 Å². The molecule has 2 N–H and O–H groups in total. The molecule has 82 valence electrons. The lowest BCUT2D eigenvalue weighted by atomic mass is 10.2. The minimum atomic E-state index is 0.736. The normalized spacial score (nSPS) is 10.8. The zero-order valence-corrected chi connectivity index (χ0v) is 9.28. The van der Waals surface area contributed by atoms with Crippen LogP contribution in [-0.4, -0.2) is 13.2 Å². The molecule has 0 aromatic heterocycles. The summed E-state index contributed by atoms with van der Waals surface area (Å²) in [5.41, 5.74) is 6.55. The van der Waals surface area contributed by atoms with Crippen LogP contribution in [0.3, 0.4) is 0 Å². The molecule has 0 amide bonds. The third kappa shape index (κ3) is 4.17. The third-order valence-electron chi connectivity index (χ3n) is 2.12. The largest absolute Gasteiger partial charge is 0.493 e. The minimum absolute atomic E-state index is 0.736. The van der Waals surface area contributed by atoms with Crippen LogP contribution in [0.2, 0.25) is 0 Å². The Kier molecular flexibility index (Phi) is 5.56. The van der Waals surface area contributed by atoms with Crippen molar-refractivity contribution in [2.24, 2.45) is 5.73 Å². The first-order valence-corrected chi connectivity index (χ1v) is 5.43. The smallest absolute Gasteiger partial charge is 0.126 e. The number of unbranched alkanes of at least 4 members (excludes halogenated alkanes) is 1. The van der Waals surface area contributed by atoms with E-state index in [4.69, 9.17) is 10.5 Å². The molecule has 0 bridgehead atoms. The fourth-order valence-corrected chi connectivity index (χ4v) is 1.36. The van der Waals surface area contributed by atoms with Crippen molar-refractivity contribution >= 4 is 6.08 Å². The van der Waals surface area contributed by atoms with Gasteiger partial charge < -0.3 is 10.5 Å². The van der Waals surface area contributed by atoms with Crippen LogP contribution in [0.15, 0.2) is 30.3 Å². The van der Waals surface area contributed by atoms with Gasteiger partial charge in [0.25, 0.3) is 0 Å². The fourth-order valence-electron chi connectivity index (χ4n) is 1.36. The lowest BCUT2D eigenvalue weighted by Crippen LogP contribution is -2.03. The first-order valence-electron chi connectivity index (χ1n) is 5.43. The van der Waals surface area contributed by atoms with Gasteiger partial charge in [-0.05, 0) is 32.4 Å². The average Bonchev–Trinajstić information content (AvgIpc) is 2.27. The SMILES string of the molecule is CC=Cc1ccccc1OCCCCN. The lowest BCUT2D eigenvalue weighted by molar-refractivity contribution is 0.307. The molecule has 0 aliphatic heterocycles. The first kappa shape index (κ1) is 11.8. The second-order valence-electron chi connectivity index (χ2n) is 3.38. The summed E-state index contributed by atoms with van der Waals surface area (Å²) in [4.78, 5) is 0. The molecule has 0 spiro atoms. The van der Waals surface area contributed by atoms with Crippen LogP contribution in [0.5, 0.6) is 5.75 Å². The van der Waals surface area contributed by atoms with Crippen LogP contribution in [-0.2, 0) is 0 Å². The molecule has 0 radical (unpaired) electrons.